The number of rotatable bonds is 11. The van der Waals surface area contributed by atoms with Crippen LogP contribution in [0, 0.1) is 29.6 Å². The van der Waals surface area contributed by atoms with Crippen LogP contribution in [0.2, 0.25) is 0 Å². The van der Waals surface area contributed by atoms with Crippen molar-refractivity contribution in [2.24, 2.45) is 29.6 Å². The van der Waals surface area contributed by atoms with Gasteiger partial charge in [-0.1, -0.05) is 34.6 Å². The molecule has 0 unspecified atom stereocenters. The van der Waals surface area contributed by atoms with Crippen molar-refractivity contribution < 1.29 is 107 Å². The maximum Gasteiger partial charge on any atom is 1.00 e. The molecular weight excluding hydrogens is 819 g/mol. The number of aliphatic hydroxyl groups excluding tert-OH is 2. The Labute approximate surface area is 389 Å². The normalized spacial score (nSPS) is 54.0. The Hall–Kier alpha value is -0.0900. The van der Waals surface area contributed by atoms with Gasteiger partial charge < -0.3 is 77.7 Å². The first-order chi connectivity index (χ1) is 28.5. The van der Waals surface area contributed by atoms with Gasteiger partial charge in [0.1, 0.15) is 12.2 Å². The molecule has 17 heteroatoms. The number of hydrogen-bond donors (Lipinski definition) is 4. The summed E-state index contributed by atoms with van der Waals surface area (Å²) in [5.74, 6) is -8.06. The van der Waals surface area contributed by atoms with Gasteiger partial charge in [0.2, 0.25) is 0 Å². The van der Waals surface area contributed by atoms with E-state index in [-0.39, 0.29) is 84.4 Å². The molecule has 7 fully saturated rings. The quantitative estimate of drug-likeness (QED) is 0.196. The van der Waals surface area contributed by atoms with Crippen LogP contribution in [-0.2, 0) is 52.2 Å². The summed E-state index contributed by atoms with van der Waals surface area (Å²) in [7, 11) is 3.13. The Morgan fingerprint density at radius 1 is 0.839 bits per heavy atom. The van der Waals surface area contributed by atoms with Crippen LogP contribution >= 0.6 is 0 Å². The summed E-state index contributed by atoms with van der Waals surface area (Å²) in [6.07, 6.45) is -2.54. The van der Waals surface area contributed by atoms with Gasteiger partial charge in [-0.15, -0.1) is 0 Å². The van der Waals surface area contributed by atoms with Gasteiger partial charge in [-0.25, -0.2) is 0 Å². The fourth-order valence-electron chi connectivity index (χ4n) is 12.0. The van der Waals surface area contributed by atoms with Crippen molar-refractivity contribution in [2.45, 2.75) is 235 Å². The van der Waals surface area contributed by atoms with Crippen molar-refractivity contribution >= 4 is 5.97 Å². The zero-order valence-corrected chi connectivity index (χ0v) is 41.2. The molecule has 0 amide bonds. The Morgan fingerprint density at radius 2 is 1.55 bits per heavy atom. The average Bonchev–Trinajstić information content (AvgIpc) is 3.89. The maximum atomic E-state index is 11.7. The monoisotopic (exact) mass is 894 g/mol. The fourth-order valence-corrected chi connectivity index (χ4v) is 12.0. The molecule has 0 saturated carbocycles. The summed E-state index contributed by atoms with van der Waals surface area (Å²) in [6.45, 7) is 17.2. The fraction of sp³-hybridized carbons (Fsp3) is 0.978. The number of hydrogen-bond acceptors (Lipinski definition) is 16. The van der Waals surface area contributed by atoms with E-state index in [1.807, 2.05) is 34.6 Å². The van der Waals surface area contributed by atoms with E-state index in [0.717, 1.165) is 12.8 Å². The van der Waals surface area contributed by atoms with Crippen LogP contribution in [0.15, 0.2) is 0 Å². The second-order valence-corrected chi connectivity index (χ2v) is 20.7. The van der Waals surface area contributed by atoms with E-state index >= 15 is 0 Å². The summed E-state index contributed by atoms with van der Waals surface area (Å²) in [6, 6.07) is 0. The van der Waals surface area contributed by atoms with E-state index in [1.165, 1.54) is 14.0 Å². The predicted octanol–water partition coefficient (Wildman–Crippen LogP) is -0.293. The van der Waals surface area contributed by atoms with Crippen LogP contribution < -0.4 is 34.7 Å². The molecule has 4 N–H and O–H groups in total. The van der Waals surface area contributed by atoms with Crippen LogP contribution in [-0.4, -0.2) is 149 Å². The molecule has 23 atom stereocenters. The number of ether oxygens (including phenoxy) is 10. The van der Waals surface area contributed by atoms with E-state index in [2.05, 4.69) is 13.8 Å². The number of carboxylic acid groups (broad SMARTS) is 1. The van der Waals surface area contributed by atoms with Gasteiger partial charge in [0.05, 0.1) is 72.2 Å². The van der Waals surface area contributed by atoms with Crippen LogP contribution in [0.5, 0.6) is 0 Å². The third-order valence-electron chi connectivity index (χ3n) is 16.2. The molecule has 16 nitrogen and oxygen atoms in total. The third kappa shape index (κ3) is 9.77. The molecule has 0 bridgehead atoms. The molecule has 0 radical (unpaired) electrons. The van der Waals surface area contributed by atoms with Gasteiger partial charge in [-0.2, -0.15) is 0 Å². The smallest absolute Gasteiger partial charge is 0.550 e. The molecule has 0 aromatic heterocycles. The van der Waals surface area contributed by atoms with Gasteiger partial charge in [0.25, 0.3) is 0 Å². The largest absolute Gasteiger partial charge is 1.00 e. The minimum absolute atomic E-state index is 0. The third-order valence-corrected chi connectivity index (χ3v) is 16.2. The second-order valence-electron chi connectivity index (χ2n) is 20.7. The first-order valence-electron chi connectivity index (χ1n) is 22.9. The second kappa shape index (κ2) is 19.1. The number of carbonyl (C=O) groups excluding carboxylic acids is 1. The Kier molecular flexibility index (Phi) is 15.8. The molecule has 7 heterocycles. The molecule has 352 valence electrons. The van der Waals surface area contributed by atoms with Gasteiger partial charge in [-0.05, 0) is 65.7 Å². The first kappa shape index (κ1) is 51.3. The molecule has 0 aliphatic carbocycles. The summed E-state index contributed by atoms with van der Waals surface area (Å²) in [5, 5.41) is 57.1. The molecule has 7 rings (SSSR count). The van der Waals surface area contributed by atoms with Crippen LogP contribution in [0.3, 0.4) is 0 Å². The molecule has 7 aliphatic rings. The Balaban J connectivity index is 0.00000641. The molecule has 0 aromatic rings. The van der Waals surface area contributed by atoms with E-state index in [9.17, 15) is 30.3 Å². The Morgan fingerprint density at radius 3 is 2.19 bits per heavy atom. The SMILES string of the molecule is CO[C@@H]1[C@@H](O)[C@H](C)[C@@](O)(CC(=O)[O-])O[C@H]1[C@@H](C)[C@H]1O[C@@]2(CC[C@@](C)([C@H]3CC[C@@](C)([C@@H]4O[C@@H]([C@H]5O[C@](C)(O)[C@H](C)C[C@@H]5C)C[C@@H]4O[C@H]4CC[C@H](OC)[C@@H](C)O4)O3)O2)C[C@H](O)[C@H]1C.[Na+]. The standard InChI is InChI=1S/C45H76O16.Na/c1-22-18-23(2)43(9,50)58-36(22)30-19-31(55-34-13-12-29(52-10)27(6)54-34)40(56-30)42(8)15-14-32(57-42)41(7)16-17-44(61-41)20-28(46)24(3)37(59-44)25(4)38-39(53-11)35(49)26(5)45(51,60-38)21-33(47)48;/h22-32,34-40,46,49-51H,12-21H2,1-11H3,(H,47,48);/q;+1/p-1/t22-,23+,24+,25-,26-,27+,28-,29-,30+,31-,32+,34-,35-,36-,37-,38-,39+,40+,41-,42-,43-,44+,45+;/m0./s1. The number of methoxy groups -OCH3 is 2. The molecule has 7 aliphatic heterocycles. The maximum absolute atomic E-state index is 11.7. The Bertz CT molecular complexity index is 1540. The van der Waals surface area contributed by atoms with E-state index in [4.69, 9.17) is 47.4 Å². The van der Waals surface area contributed by atoms with Gasteiger partial charge in [0.15, 0.2) is 23.7 Å². The van der Waals surface area contributed by atoms with Crippen molar-refractivity contribution in [1.29, 1.82) is 0 Å². The van der Waals surface area contributed by atoms with Crippen molar-refractivity contribution in [1.82, 2.24) is 0 Å². The van der Waals surface area contributed by atoms with Crippen molar-refractivity contribution in [2.75, 3.05) is 14.2 Å². The molecule has 0 aromatic carbocycles. The zero-order valence-electron chi connectivity index (χ0n) is 39.2. The molecule has 62 heavy (non-hydrogen) atoms. The molecular formula is C45H75NaO16. The number of carboxylic acids is 1. The summed E-state index contributed by atoms with van der Waals surface area (Å²) < 4.78 is 65.0. The van der Waals surface area contributed by atoms with E-state index in [1.54, 1.807) is 14.0 Å². The minimum Gasteiger partial charge on any atom is -0.550 e. The number of aliphatic hydroxyl groups is 4. The average molecular weight is 895 g/mol. The van der Waals surface area contributed by atoms with Crippen LogP contribution in [0.4, 0.5) is 0 Å². The summed E-state index contributed by atoms with van der Waals surface area (Å²) >= 11 is 0. The van der Waals surface area contributed by atoms with Crippen LogP contribution in [0.1, 0.15) is 127 Å². The van der Waals surface area contributed by atoms with Crippen molar-refractivity contribution in [3.05, 3.63) is 0 Å². The predicted molar refractivity (Wildman–Crippen MR) is 214 cm³/mol. The van der Waals surface area contributed by atoms with E-state index in [0.29, 0.717) is 38.5 Å². The summed E-state index contributed by atoms with van der Waals surface area (Å²) in [4.78, 5) is 11.7. The number of aliphatic carboxylic acids is 1. The van der Waals surface area contributed by atoms with Gasteiger partial charge in [-0.3, -0.25) is 0 Å². The molecule has 7 saturated heterocycles. The van der Waals surface area contributed by atoms with Crippen molar-refractivity contribution in [3.63, 3.8) is 0 Å². The summed E-state index contributed by atoms with van der Waals surface area (Å²) in [5.41, 5.74) is -1.58. The van der Waals surface area contributed by atoms with Gasteiger partial charge >= 0.3 is 29.6 Å². The van der Waals surface area contributed by atoms with Crippen LogP contribution in [0.25, 0.3) is 0 Å². The van der Waals surface area contributed by atoms with Gasteiger partial charge in [0, 0.05) is 76.0 Å². The zero-order chi connectivity index (χ0) is 44.6. The topological polar surface area (TPSA) is 213 Å². The number of carbonyl (C=O) groups is 1. The molecule has 1 spiro atoms. The van der Waals surface area contributed by atoms with E-state index < -0.39 is 102 Å². The minimum atomic E-state index is -2.21. The first-order valence-corrected chi connectivity index (χ1v) is 22.9. The van der Waals surface area contributed by atoms with Crippen molar-refractivity contribution in [3.8, 4) is 0 Å².